The van der Waals surface area contributed by atoms with Gasteiger partial charge in [-0.2, -0.15) is 10.2 Å². The number of aryl methyl sites for hydroxylation is 3. The number of aromatic nitrogens is 4. The van der Waals surface area contributed by atoms with E-state index in [0.717, 1.165) is 28.3 Å². The van der Waals surface area contributed by atoms with Crippen molar-refractivity contribution in [3.8, 4) is 0 Å². The fourth-order valence-corrected chi connectivity index (χ4v) is 3.06. The van der Waals surface area contributed by atoms with Crippen LogP contribution in [0.5, 0.6) is 0 Å². The summed E-state index contributed by atoms with van der Waals surface area (Å²) < 4.78 is 3.66. The zero-order valence-corrected chi connectivity index (χ0v) is 15.9. The molecule has 3 aromatic rings. The number of hydrogen-bond acceptors (Lipinski definition) is 3. The van der Waals surface area contributed by atoms with Crippen molar-refractivity contribution in [1.82, 2.24) is 19.6 Å². The molecule has 0 bridgehead atoms. The normalized spacial score (nSPS) is 10.9. The van der Waals surface area contributed by atoms with Crippen LogP contribution in [-0.4, -0.2) is 25.5 Å². The number of nitrogens with zero attached hydrogens (tertiary/aromatic N) is 4. The largest absolute Gasteiger partial charge is 0.323 e. The number of hydrogen-bond donors (Lipinski definition) is 1. The maximum absolute atomic E-state index is 12.3. The van der Waals surface area contributed by atoms with E-state index in [1.807, 2.05) is 62.0 Å². The highest BCUT2D eigenvalue weighted by atomic mass is 35.5. The van der Waals surface area contributed by atoms with Gasteiger partial charge in [-0.1, -0.05) is 23.7 Å². The Morgan fingerprint density at radius 3 is 2.69 bits per heavy atom. The molecule has 0 aliphatic heterocycles. The third-order valence-corrected chi connectivity index (χ3v) is 4.44. The molecule has 0 radical (unpaired) electrons. The van der Waals surface area contributed by atoms with Crippen molar-refractivity contribution in [2.24, 2.45) is 0 Å². The van der Waals surface area contributed by atoms with Crippen molar-refractivity contribution in [3.63, 3.8) is 0 Å². The molecule has 0 aliphatic carbocycles. The first kappa shape index (κ1) is 18.2. The van der Waals surface area contributed by atoms with Gasteiger partial charge in [0.05, 0.1) is 29.3 Å². The van der Waals surface area contributed by atoms with Gasteiger partial charge < -0.3 is 5.32 Å². The molecule has 1 amide bonds. The molecule has 1 N–H and O–H groups in total. The third-order valence-electron chi connectivity index (χ3n) is 4.21. The van der Waals surface area contributed by atoms with E-state index in [1.165, 1.54) is 0 Å². The number of halogens is 1. The van der Waals surface area contributed by atoms with Crippen molar-refractivity contribution in [3.05, 3.63) is 64.2 Å². The monoisotopic (exact) mass is 371 g/mol. The average Bonchev–Trinajstić information content (AvgIpc) is 3.12. The highest BCUT2D eigenvalue weighted by Gasteiger charge is 2.14. The number of amides is 1. The number of benzene rings is 1. The van der Waals surface area contributed by atoms with Gasteiger partial charge in [-0.05, 0) is 44.5 Å². The van der Waals surface area contributed by atoms with Gasteiger partial charge in [0.1, 0.15) is 0 Å². The van der Waals surface area contributed by atoms with Gasteiger partial charge >= 0.3 is 0 Å². The molecule has 0 saturated carbocycles. The zero-order valence-electron chi connectivity index (χ0n) is 15.2. The van der Waals surface area contributed by atoms with Crippen molar-refractivity contribution < 1.29 is 4.79 Å². The predicted molar refractivity (Wildman–Crippen MR) is 102 cm³/mol. The average molecular weight is 372 g/mol. The van der Waals surface area contributed by atoms with Crippen molar-refractivity contribution in [2.45, 2.75) is 40.3 Å². The lowest BCUT2D eigenvalue weighted by Gasteiger charge is -2.08. The van der Waals surface area contributed by atoms with Crippen LogP contribution in [0.2, 0.25) is 5.02 Å². The van der Waals surface area contributed by atoms with Crippen LogP contribution in [0.25, 0.3) is 0 Å². The Bertz CT molecular complexity index is 928. The fraction of sp³-hybridized carbons (Fsp3) is 0.316. The lowest BCUT2D eigenvalue weighted by Crippen LogP contribution is -2.16. The summed E-state index contributed by atoms with van der Waals surface area (Å²) in [6.07, 6.45) is 2.24. The number of nitrogens with one attached hydrogen (secondary N) is 1. The first-order chi connectivity index (χ1) is 12.4. The van der Waals surface area contributed by atoms with E-state index in [4.69, 9.17) is 11.6 Å². The van der Waals surface area contributed by atoms with Crippen LogP contribution in [0.15, 0.2) is 36.5 Å². The quantitative estimate of drug-likeness (QED) is 0.717. The molecule has 0 saturated heterocycles. The number of carbonyl (C=O) groups is 1. The maximum Gasteiger partial charge on any atom is 0.226 e. The minimum atomic E-state index is -0.0494. The molecular weight excluding hydrogens is 350 g/mol. The van der Waals surface area contributed by atoms with Gasteiger partial charge in [-0.3, -0.25) is 14.2 Å². The van der Waals surface area contributed by atoms with Gasteiger partial charge in [-0.25, -0.2) is 0 Å². The summed E-state index contributed by atoms with van der Waals surface area (Å²) in [4.78, 5) is 12.3. The Morgan fingerprint density at radius 2 is 2.00 bits per heavy atom. The number of anilines is 1. The first-order valence-electron chi connectivity index (χ1n) is 8.51. The van der Waals surface area contributed by atoms with Crippen LogP contribution in [0, 0.1) is 20.8 Å². The summed E-state index contributed by atoms with van der Waals surface area (Å²) in [5.74, 6) is -0.0494. The molecule has 1 aromatic carbocycles. The smallest absolute Gasteiger partial charge is 0.226 e. The van der Waals surface area contributed by atoms with Gasteiger partial charge in [0, 0.05) is 24.2 Å². The van der Waals surface area contributed by atoms with E-state index in [0.29, 0.717) is 24.5 Å². The molecule has 0 spiro atoms. The Labute approximate surface area is 157 Å². The Morgan fingerprint density at radius 1 is 1.19 bits per heavy atom. The second-order valence-electron chi connectivity index (χ2n) is 6.35. The Kier molecular flexibility index (Phi) is 5.42. The van der Waals surface area contributed by atoms with E-state index >= 15 is 0 Å². The van der Waals surface area contributed by atoms with Crippen LogP contribution in [0.1, 0.15) is 29.1 Å². The molecule has 0 fully saturated rings. The molecule has 26 heavy (non-hydrogen) atoms. The minimum absolute atomic E-state index is 0.0494. The second kappa shape index (κ2) is 7.74. The summed E-state index contributed by atoms with van der Waals surface area (Å²) in [6.45, 7) is 6.94. The molecule has 2 aromatic heterocycles. The predicted octanol–water partition coefficient (Wildman–Crippen LogP) is 3.74. The van der Waals surface area contributed by atoms with Gasteiger partial charge in [0.15, 0.2) is 0 Å². The first-order valence-corrected chi connectivity index (χ1v) is 8.88. The van der Waals surface area contributed by atoms with Crippen molar-refractivity contribution >= 4 is 23.2 Å². The van der Waals surface area contributed by atoms with Crippen LogP contribution >= 0.6 is 11.6 Å². The third kappa shape index (κ3) is 4.32. The molecule has 0 atom stereocenters. The molecule has 6 nitrogen and oxygen atoms in total. The van der Waals surface area contributed by atoms with Gasteiger partial charge in [0.25, 0.3) is 0 Å². The molecule has 7 heteroatoms. The van der Waals surface area contributed by atoms with Crippen molar-refractivity contribution in [2.75, 3.05) is 5.32 Å². The number of carbonyl (C=O) groups excluding carboxylic acids is 1. The van der Waals surface area contributed by atoms with Crippen LogP contribution in [-0.2, 0) is 17.9 Å². The molecule has 2 heterocycles. The van der Waals surface area contributed by atoms with E-state index in [-0.39, 0.29) is 5.91 Å². The summed E-state index contributed by atoms with van der Waals surface area (Å²) in [7, 11) is 0. The van der Waals surface area contributed by atoms with Gasteiger partial charge in [-0.15, -0.1) is 0 Å². The maximum atomic E-state index is 12.3. The summed E-state index contributed by atoms with van der Waals surface area (Å²) in [5.41, 5.74) is 4.50. The Balaban J connectivity index is 1.66. The highest BCUT2D eigenvalue weighted by Crippen LogP contribution is 2.21. The highest BCUT2D eigenvalue weighted by molar-refractivity contribution is 6.30. The van der Waals surface area contributed by atoms with Gasteiger partial charge in [0.2, 0.25) is 5.91 Å². The number of rotatable bonds is 6. The molecule has 136 valence electrons. The zero-order chi connectivity index (χ0) is 18.7. The molecular formula is C19H22ClN5O. The van der Waals surface area contributed by atoms with Crippen LogP contribution in [0.3, 0.4) is 0 Å². The minimum Gasteiger partial charge on any atom is -0.323 e. The van der Waals surface area contributed by atoms with E-state index < -0.39 is 0 Å². The topological polar surface area (TPSA) is 64.7 Å². The van der Waals surface area contributed by atoms with E-state index in [1.54, 1.807) is 4.68 Å². The summed E-state index contributed by atoms with van der Waals surface area (Å²) in [6, 6.07) is 9.61. The van der Waals surface area contributed by atoms with E-state index in [9.17, 15) is 4.79 Å². The molecule has 0 unspecified atom stereocenters. The Hall–Kier alpha value is -2.60. The SMILES string of the molecule is Cc1ccn(CCC(=O)Nc2c(C)nn(Cc3cccc(Cl)c3)c2C)n1. The standard InChI is InChI=1S/C19H22ClN5O/c1-13-7-9-24(22-13)10-8-18(26)21-19-14(2)23-25(15(19)3)12-16-5-4-6-17(20)11-16/h4-7,9,11H,8,10,12H2,1-3H3,(H,21,26). The van der Waals surface area contributed by atoms with Crippen LogP contribution < -0.4 is 5.32 Å². The van der Waals surface area contributed by atoms with Crippen molar-refractivity contribution in [1.29, 1.82) is 0 Å². The lowest BCUT2D eigenvalue weighted by atomic mass is 10.2. The molecule has 3 rings (SSSR count). The second-order valence-corrected chi connectivity index (χ2v) is 6.79. The van der Waals surface area contributed by atoms with Crippen LogP contribution in [0.4, 0.5) is 5.69 Å². The molecule has 0 aliphatic rings. The summed E-state index contributed by atoms with van der Waals surface area (Å²) in [5, 5.41) is 12.5. The summed E-state index contributed by atoms with van der Waals surface area (Å²) >= 11 is 6.05. The lowest BCUT2D eigenvalue weighted by molar-refractivity contribution is -0.116. The van der Waals surface area contributed by atoms with E-state index in [2.05, 4.69) is 15.5 Å². The fourth-order valence-electron chi connectivity index (χ4n) is 2.85.